The smallest absolute Gasteiger partial charge is 0.406 e. The summed E-state index contributed by atoms with van der Waals surface area (Å²) in [7, 11) is 1.85. The number of rotatable bonds is 5. The Morgan fingerprint density at radius 2 is 1.74 bits per heavy atom. The van der Waals surface area contributed by atoms with E-state index in [1.807, 2.05) is 61.9 Å². The van der Waals surface area contributed by atoms with Crippen LogP contribution in [0.15, 0.2) is 65.8 Å². The minimum Gasteiger partial charge on any atom is -0.406 e. The van der Waals surface area contributed by atoms with Gasteiger partial charge in [0.05, 0.1) is 17.2 Å². The summed E-state index contributed by atoms with van der Waals surface area (Å²) in [5.74, 6) is 0.334. The molecule has 0 aliphatic heterocycles. The summed E-state index contributed by atoms with van der Waals surface area (Å²) in [4.78, 5) is 4.65. The highest BCUT2D eigenvalue weighted by atomic mass is 32.1. The maximum Gasteiger partial charge on any atom is 0.573 e. The summed E-state index contributed by atoms with van der Waals surface area (Å²) in [6, 6.07) is 17.3. The van der Waals surface area contributed by atoms with Crippen LogP contribution in [-0.4, -0.2) is 27.2 Å². The molecule has 0 radical (unpaired) electrons. The number of para-hydroxylation sites is 1. The van der Waals surface area contributed by atoms with Crippen LogP contribution in [0.1, 0.15) is 16.7 Å². The number of halogens is 3. The van der Waals surface area contributed by atoms with Gasteiger partial charge in [0.2, 0.25) is 0 Å². The minimum absolute atomic E-state index is 0.281. The van der Waals surface area contributed by atoms with Crippen LogP contribution in [0.3, 0.4) is 0 Å². The van der Waals surface area contributed by atoms with E-state index in [-0.39, 0.29) is 5.75 Å². The van der Waals surface area contributed by atoms with Gasteiger partial charge >= 0.3 is 6.36 Å². The summed E-state index contributed by atoms with van der Waals surface area (Å²) in [6.45, 7) is 4.00. The summed E-state index contributed by atoms with van der Waals surface area (Å²) in [5.41, 5.74) is 8.98. The van der Waals surface area contributed by atoms with Gasteiger partial charge in [0, 0.05) is 18.3 Å². The first-order valence-corrected chi connectivity index (χ1v) is 11.0. The number of alkyl halides is 3. The highest BCUT2D eigenvalue weighted by Gasteiger charge is 2.31. The normalized spacial score (nSPS) is 11.7. The molecule has 1 heterocycles. The van der Waals surface area contributed by atoms with Crippen molar-refractivity contribution in [2.45, 2.75) is 20.2 Å². The molecule has 0 amide bonds. The molecule has 0 fully saturated rings. The monoisotopic (exact) mass is 497 g/mol. The number of nitrogens with one attached hydrogen (secondary N) is 2. The van der Waals surface area contributed by atoms with Crippen molar-refractivity contribution >= 4 is 40.3 Å². The molecule has 35 heavy (non-hydrogen) atoms. The zero-order valence-corrected chi connectivity index (χ0v) is 20.0. The number of hydrazone groups is 1. The highest BCUT2D eigenvalue weighted by Crippen LogP contribution is 2.28. The van der Waals surface area contributed by atoms with Crippen LogP contribution < -0.4 is 15.5 Å². The number of aryl methyl sites for hydroxylation is 3. The van der Waals surface area contributed by atoms with E-state index in [1.165, 1.54) is 12.1 Å². The Bertz CT molecular complexity index is 1390. The van der Waals surface area contributed by atoms with Gasteiger partial charge in [0.25, 0.3) is 0 Å². The summed E-state index contributed by atoms with van der Waals surface area (Å²) in [6.07, 6.45) is -3.10. The third kappa shape index (κ3) is 5.78. The molecule has 0 aliphatic carbocycles. The van der Waals surface area contributed by atoms with E-state index < -0.39 is 6.36 Å². The summed E-state index contributed by atoms with van der Waals surface area (Å²) in [5, 5.41) is 7.74. The van der Waals surface area contributed by atoms with E-state index in [0.717, 1.165) is 33.4 Å². The Balaban J connectivity index is 1.47. The summed E-state index contributed by atoms with van der Waals surface area (Å²) < 4.78 is 43.0. The number of nitrogens with zero attached hydrogens (tertiary/aromatic N) is 3. The molecule has 0 bridgehead atoms. The van der Waals surface area contributed by atoms with Gasteiger partial charge in [-0.05, 0) is 79.2 Å². The molecular weight excluding hydrogens is 475 g/mol. The van der Waals surface area contributed by atoms with Crippen molar-refractivity contribution in [3.8, 4) is 17.1 Å². The fourth-order valence-corrected chi connectivity index (χ4v) is 3.83. The lowest BCUT2D eigenvalue weighted by atomic mass is 10.1. The first kappa shape index (κ1) is 24.2. The second-order valence-electron chi connectivity index (χ2n) is 7.91. The average molecular weight is 498 g/mol. The molecule has 4 rings (SSSR count). The maximum atomic E-state index is 12.4. The largest absolute Gasteiger partial charge is 0.573 e. The Morgan fingerprint density at radius 1 is 1.06 bits per heavy atom. The van der Waals surface area contributed by atoms with E-state index in [1.54, 1.807) is 18.3 Å². The van der Waals surface area contributed by atoms with Crippen molar-refractivity contribution in [2.75, 3.05) is 5.32 Å². The van der Waals surface area contributed by atoms with Crippen LogP contribution in [0.5, 0.6) is 5.75 Å². The van der Waals surface area contributed by atoms with E-state index in [0.29, 0.717) is 16.5 Å². The van der Waals surface area contributed by atoms with Crippen molar-refractivity contribution in [3.05, 3.63) is 77.4 Å². The number of hydrogen-bond acceptors (Lipinski definition) is 4. The zero-order valence-electron chi connectivity index (χ0n) is 19.1. The fraction of sp³-hybridized carbons (Fsp3) is 0.160. The van der Waals surface area contributed by atoms with Gasteiger partial charge in [0.15, 0.2) is 5.11 Å². The Kier molecular flexibility index (Phi) is 6.74. The lowest BCUT2D eigenvalue weighted by Gasteiger charge is -2.12. The number of thiocarbonyl (C=S) groups is 1. The lowest BCUT2D eigenvalue weighted by Crippen LogP contribution is -2.24. The van der Waals surface area contributed by atoms with Crippen molar-refractivity contribution < 1.29 is 17.9 Å². The van der Waals surface area contributed by atoms with Crippen LogP contribution >= 0.6 is 12.2 Å². The molecule has 10 heteroatoms. The molecule has 0 saturated carbocycles. The van der Waals surface area contributed by atoms with E-state index >= 15 is 0 Å². The highest BCUT2D eigenvalue weighted by molar-refractivity contribution is 7.80. The van der Waals surface area contributed by atoms with E-state index in [9.17, 15) is 13.2 Å². The second-order valence-corrected chi connectivity index (χ2v) is 8.31. The Morgan fingerprint density at radius 3 is 2.40 bits per heavy atom. The molecule has 180 valence electrons. The molecule has 0 saturated heterocycles. The van der Waals surface area contributed by atoms with Gasteiger partial charge in [0.1, 0.15) is 11.6 Å². The van der Waals surface area contributed by atoms with Crippen molar-refractivity contribution in [3.63, 3.8) is 0 Å². The molecular formula is C25H22F3N5OS. The molecule has 3 aromatic carbocycles. The van der Waals surface area contributed by atoms with E-state index in [4.69, 9.17) is 12.2 Å². The SMILES string of the molecule is Cc1cccc(C)c1NC(=S)N/N=C/c1ccc2c(c1)nc(-c1ccc(OC(F)(F)F)cc1)n2C. The number of imidazole rings is 1. The van der Waals surface area contributed by atoms with Gasteiger partial charge in [-0.1, -0.05) is 24.3 Å². The predicted molar refractivity (Wildman–Crippen MR) is 136 cm³/mol. The average Bonchev–Trinajstić information content (AvgIpc) is 3.12. The first-order chi connectivity index (χ1) is 16.6. The predicted octanol–water partition coefficient (Wildman–Crippen LogP) is 6.08. The standard InChI is InChI=1S/C25H22F3N5OS/c1-15-5-4-6-16(2)22(15)31-24(35)32-29-14-17-7-12-21-20(13-17)30-23(33(21)3)18-8-10-19(11-9-18)34-25(26,27)28/h4-14H,1-3H3,(H2,31,32,35)/b29-14+. The van der Waals surface area contributed by atoms with Gasteiger partial charge in [-0.3, -0.25) is 5.43 Å². The third-order valence-electron chi connectivity index (χ3n) is 5.35. The van der Waals surface area contributed by atoms with Crippen LogP contribution in [0.2, 0.25) is 0 Å². The molecule has 6 nitrogen and oxygen atoms in total. The van der Waals surface area contributed by atoms with Crippen LogP contribution in [0.4, 0.5) is 18.9 Å². The molecule has 0 unspecified atom stereocenters. The number of ether oxygens (including phenoxy) is 1. The van der Waals surface area contributed by atoms with Crippen molar-refractivity contribution in [1.29, 1.82) is 0 Å². The summed E-state index contributed by atoms with van der Waals surface area (Å²) >= 11 is 5.34. The third-order valence-corrected chi connectivity index (χ3v) is 5.54. The first-order valence-electron chi connectivity index (χ1n) is 10.6. The van der Waals surface area contributed by atoms with Crippen molar-refractivity contribution in [1.82, 2.24) is 15.0 Å². The number of benzene rings is 3. The van der Waals surface area contributed by atoms with Crippen LogP contribution in [0.25, 0.3) is 22.4 Å². The van der Waals surface area contributed by atoms with E-state index in [2.05, 4.69) is 25.6 Å². The molecule has 0 atom stereocenters. The zero-order chi connectivity index (χ0) is 25.2. The van der Waals surface area contributed by atoms with Gasteiger partial charge in [-0.2, -0.15) is 5.10 Å². The maximum absolute atomic E-state index is 12.4. The topological polar surface area (TPSA) is 63.5 Å². The fourth-order valence-electron chi connectivity index (χ4n) is 3.68. The van der Waals surface area contributed by atoms with Crippen molar-refractivity contribution in [2.24, 2.45) is 12.1 Å². The number of anilines is 1. The Labute approximate surface area is 205 Å². The Hall–Kier alpha value is -3.92. The number of hydrogen-bond donors (Lipinski definition) is 2. The number of aromatic nitrogens is 2. The lowest BCUT2D eigenvalue weighted by molar-refractivity contribution is -0.274. The van der Waals surface area contributed by atoms with Crippen LogP contribution in [-0.2, 0) is 7.05 Å². The van der Waals surface area contributed by atoms with Gasteiger partial charge in [-0.15, -0.1) is 13.2 Å². The second kappa shape index (κ2) is 9.75. The number of fused-ring (bicyclic) bond motifs is 1. The molecule has 4 aromatic rings. The molecule has 1 aromatic heterocycles. The molecule has 0 spiro atoms. The quantitative estimate of drug-likeness (QED) is 0.199. The molecule has 0 aliphatic rings. The van der Waals surface area contributed by atoms with Gasteiger partial charge in [-0.25, -0.2) is 4.98 Å². The van der Waals surface area contributed by atoms with Crippen LogP contribution in [0, 0.1) is 13.8 Å². The minimum atomic E-state index is -4.73. The van der Waals surface area contributed by atoms with Gasteiger partial charge < -0.3 is 14.6 Å². The molecule has 2 N–H and O–H groups in total.